The lowest BCUT2D eigenvalue weighted by Gasteiger charge is -2.26. The molecule has 2 rings (SSSR count). The second-order valence-corrected chi connectivity index (χ2v) is 10.9. The second kappa shape index (κ2) is 10.3. The number of ether oxygens (including phenoxy) is 1. The summed E-state index contributed by atoms with van der Waals surface area (Å²) < 4.78 is 55.5. The number of sulfonamides is 1. The van der Waals surface area contributed by atoms with E-state index >= 15 is 0 Å². The molecule has 1 aliphatic rings. The van der Waals surface area contributed by atoms with Gasteiger partial charge in [-0.1, -0.05) is 31.9 Å². The van der Waals surface area contributed by atoms with Gasteiger partial charge in [-0.2, -0.15) is 4.31 Å². The zero-order chi connectivity index (χ0) is 20.6. The lowest BCUT2D eigenvalue weighted by molar-refractivity contribution is -0.118. The molecule has 10 heteroatoms. The van der Waals surface area contributed by atoms with E-state index in [2.05, 4.69) is 5.32 Å². The van der Waals surface area contributed by atoms with Crippen molar-refractivity contribution in [1.82, 2.24) is 9.62 Å². The lowest BCUT2D eigenvalue weighted by atomic mass is 10.2. The van der Waals surface area contributed by atoms with Crippen LogP contribution in [0, 0.1) is 0 Å². The average molecular weight is 433 g/mol. The smallest absolute Gasteiger partial charge is 0.243 e. The molecule has 28 heavy (non-hydrogen) atoms. The van der Waals surface area contributed by atoms with E-state index in [0.29, 0.717) is 38.3 Å². The number of rotatable bonds is 10. The van der Waals surface area contributed by atoms with Crippen molar-refractivity contribution in [3.8, 4) is 0 Å². The fraction of sp³-hybridized carbons (Fsp3) is 0.611. The van der Waals surface area contributed by atoms with Crippen LogP contribution in [0.2, 0.25) is 0 Å². The second-order valence-electron chi connectivity index (χ2n) is 6.74. The van der Waals surface area contributed by atoms with Crippen LogP contribution in [0.4, 0.5) is 0 Å². The van der Waals surface area contributed by atoms with Crippen LogP contribution in [0.5, 0.6) is 0 Å². The van der Waals surface area contributed by atoms with E-state index in [4.69, 9.17) is 4.74 Å². The molecule has 1 N–H and O–H groups in total. The fourth-order valence-electron chi connectivity index (χ4n) is 2.81. The van der Waals surface area contributed by atoms with Crippen molar-refractivity contribution in [3.63, 3.8) is 0 Å². The van der Waals surface area contributed by atoms with Crippen LogP contribution in [0.15, 0.2) is 29.2 Å². The van der Waals surface area contributed by atoms with Gasteiger partial charge in [-0.25, -0.2) is 16.8 Å². The number of hydrogen-bond acceptors (Lipinski definition) is 6. The van der Waals surface area contributed by atoms with Gasteiger partial charge in [0.1, 0.15) is 5.75 Å². The van der Waals surface area contributed by atoms with Crippen LogP contribution < -0.4 is 5.32 Å². The van der Waals surface area contributed by atoms with Crippen LogP contribution in [0.3, 0.4) is 0 Å². The predicted octanol–water partition coefficient (Wildman–Crippen LogP) is 0.929. The number of nitrogens with one attached hydrogen (secondary N) is 1. The monoisotopic (exact) mass is 432 g/mol. The number of nitrogens with zero attached hydrogens (tertiary/aromatic N) is 1. The maximum Gasteiger partial charge on any atom is 0.243 e. The number of benzene rings is 1. The summed E-state index contributed by atoms with van der Waals surface area (Å²) >= 11 is 0. The number of sulfone groups is 1. The van der Waals surface area contributed by atoms with Crippen molar-refractivity contribution in [1.29, 1.82) is 0 Å². The summed E-state index contributed by atoms with van der Waals surface area (Å²) in [4.78, 5) is 12.1. The summed E-state index contributed by atoms with van der Waals surface area (Å²) in [6.07, 6.45) is 2.30. The minimum atomic E-state index is -3.56. The van der Waals surface area contributed by atoms with Crippen LogP contribution in [-0.4, -0.2) is 64.9 Å². The lowest BCUT2D eigenvalue weighted by Crippen LogP contribution is -2.40. The van der Waals surface area contributed by atoms with Gasteiger partial charge in [-0.3, -0.25) is 4.79 Å². The molecule has 0 spiro atoms. The first kappa shape index (κ1) is 22.8. The Morgan fingerprint density at radius 1 is 1.07 bits per heavy atom. The summed E-state index contributed by atoms with van der Waals surface area (Å²) in [6.45, 7) is 3.53. The van der Waals surface area contributed by atoms with Gasteiger partial charge in [0.05, 0.1) is 23.9 Å². The van der Waals surface area contributed by atoms with Crippen molar-refractivity contribution >= 4 is 25.8 Å². The molecule has 0 aliphatic carbocycles. The maximum absolute atomic E-state index is 12.6. The molecule has 0 saturated carbocycles. The third-order valence-electron chi connectivity index (χ3n) is 4.43. The molecular formula is C18H28N2O6S2. The number of morpholine rings is 1. The summed E-state index contributed by atoms with van der Waals surface area (Å²) in [7, 11) is -6.96. The van der Waals surface area contributed by atoms with Gasteiger partial charge in [0.15, 0.2) is 9.84 Å². The summed E-state index contributed by atoms with van der Waals surface area (Å²) in [5.74, 6) is -1.07. The molecule has 1 amide bonds. The Hall–Kier alpha value is -1.49. The minimum Gasteiger partial charge on any atom is -0.379 e. The summed E-state index contributed by atoms with van der Waals surface area (Å²) in [5, 5.41) is 2.57. The van der Waals surface area contributed by atoms with Crippen LogP contribution in [0.1, 0.15) is 31.7 Å². The number of carbonyl (C=O) groups excluding carboxylic acids is 1. The molecule has 8 nitrogen and oxygen atoms in total. The third kappa shape index (κ3) is 6.84. The normalized spacial score (nSPS) is 16.0. The van der Waals surface area contributed by atoms with Crippen LogP contribution in [-0.2, 0) is 35.9 Å². The largest absolute Gasteiger partial charge is 0.379 e. The highest BCUT2D eigenvalue weighted by Gasteiger charge is 2.26. The molecule has 1 aliphatic heterocycles. The van der Waals surface area contributed by atoms with Crippen molar-refractivity contribution in [2.45, 2.75) is 37.6 Å². The van der Waals surface area contributed by atoms with E-state index in [1.165, 1.54) is 16.4 Å². The summed E-state index contributed by atoms with van der Waals surface area (Å²) in [6, 6.07) is 6.22. The highest BCUT2D eigenvalue weighted by atomic mass is 32.2. The highest BCUT2D eigenvalue weighted by molar-refractivity contribution is 7.92. The molecule has 0 atom stereocenters. The zero-order valence-corrected chi connectivity index (χ0v) is 17.7. The third-order valence-corrected chi connectivity index (χ3v) is 7.96. The first-order valence-corrected chi connectivity index (χ1v) is 12.6. The molecule has 1 aromatic rings. The van der Waals surface area contributed by atoms with Crippen molar-refractivity contribution < 1.29 is 26.4 Å². The maximum atomic E-state index is 12.6. The molecule has 0 unspecified atom stereocenters. The highest BCUT2D eigenvalue weighted by Crippen LogP contribution is 2.17. The Labute approximate surface area is 167 Å². The molecule has 1 saturated heterocycles. The van der Waals surface area contributed by atoms with Gasteiger partial charge < -0.3 is 10.1 Å². The molecule has 158 valence electrons. The van der Waals surface area contributed by atoms with E-state index < -0.39 is 31.5 Å². The Balaban J connectivity index is 1.87. The Bertz CT molecular complexity index is 845. The van der Waals surface area contributed by atoms with E-state index in [0.717, 1.165) is 12.8 Å². The first-order valence-electron chi connectivity index (χ1n) is 9.38. The average Bonchev–Trinajstić information content (AvgIpc) is 2.67. The molecular weight excluding hydrogens is 404 g/mol. The fourth-order valence-corrected chi connectivity index (χ4v) is 5.51. The van der Waals surface area contributed by atoms with Gasteiger partial charge in [0.25, 0.3) is 0 Å². The minimum absolute atomic E-state index is 0.0162. The van der Waals surface area contributed by atoms with E-state index in [-0.39, 0.29) is 17.2 Å². The molecule has 1 heterocycles. The van der Waals surface area contributed by atoms with Gasteiger partial charge in [-0.15, -0.1) is 0 Å². The SMILES string of the molecule is CCCCCS(=O)(=O)CC(=O)NCc1ccc(S(=O)(=O)N2CCOCC2)cc1. The predicted molar refractivity (Wildman–Crippen MR) is 106 cm³/mol. The number of amides is 1. The van der Waals surface area contributed by atoms with Crippen LogP contribution >= 0.6 is 0 Å². The Morgan fingerprint density at radius 2 is 1.71 bits per heavy atom. The van der Waals surface area contributed by atoms with Crippen molar-refractivity contribution in [2.75, 3.05) is 37.8 Å². The van der Waals surface area contributed by atoms with Gasteiger partial charge in [0.2, 0.25) is 15.9 Å². The van der Waals surface area contributed by atoms with E-state index in [1.807, 2.05) is 6.92 Å². The Morgan fingerprint density at radius 3 is 2.32 bits per heavy atom. The molecule has 1 fully saturated rings. The van der Waals surface area contributed by atoms with Crippen molar-refractivity contribution in [3.05, 3.63) is 29.8 Å². The number of unbranched alkanes of at least 4 members (excludes halogenated alkanes) is 2. The molecule has 0 bridgehead atoms. The molecule has 0 aromatic heterocycles. The first-order chi connectivity index (χ1) is 13.2. The van der Waals surface area contributed by atoms with E-state index in [9.17, 15) is 21.6 Å². The Kier molecular flexibility index (Phi) is 8.41. The summed E-state index contributed by atoms with van der Waals surface area (Å²) in [5.41, 5.74) is 0.692. The molecule has 1 aromatic carbocycles. The topological polar surface area (TPSA) is 110 Å². The van der Waals surface area contributed by atoms with E-state index in [1.54, 1.807) is 12.1 Å². The standard InChI is InChI=1S/C18H28N2O6S2/c1-2-3-4-13-27(22,23)15-18(21)19-14-16-5-7-17(8-6-16)28(24,25)20-9-11-26-12-10-20/h5-8H,2-4,9-15H2,1H3,(H,19,21). The van der Waals surface area contributed by atoms with Gasteiger partial charge in [-0.05, 0) is 24.1 Å². The zero-order valence-electron chi connectivity index (χ0n) is 16.1. The van der Waals surface area contributed by atoms with Gasteiger partial charge >= 0.3 is 0 Å². The molecule has 0 radical (unpaired) electrons. The van der Waals surface area contributed by atoms with Crippen LogP contribution in [0.25, 0.3) is 0 Å². The van der Waals surface area contributed by atoms with Gasteiger partial charge in [0, 0.05) is 19.6 Å². The number of carbonyl (C=O) groups is 1. The number of hydrogen-bond donors (Lipinski definition) is 1. The van der Waals surface area contributed by atoms with Crippen molar-refractivity contribution in [2.24, 2.45) is 0 Å². The quantitative estimate of drug-likeness (QED) is 0.551.